The molecule has 0 heterocycles. The van der Waals surface area contributed by atoms with Gasteiger partial charge in [0, 0.05) is 0 Å². The van der Waals surface area contributed by atoms with Crippen LogP contribution in [0.25, 0.3) is 0 Å². The topological polar surface area (TPSA) is 0 Å². The molecule has 68 valence electrons. The third kappa shape index (κ3) is 5.92. The lowest BCUT2D eigenvalue weighted by Gasteiger charge is -1.83. The van der Waals surface area contributed by atoms with Crippen molar-refractivity contribution in [2.24, 2.45) is 0 Å². The zero-order valence-corrected chi connectivity index (χ0v) is 7.89. The molecule has 0 saturated carbocycles. The average Bonchev–Trinajstić information content (AvgIpc) is 2.18. The summed E-state index contributed by atoms with van der Waals surface area (Å²) in [5.74, 6) is 0. The Morgan fingerprint density at radius 2 is 0.923 bits per heavy atom. The van der Waals surface area contributed by atoms with Crippen LogP contribution in [0.1, 0.15) is 19.3 Å². The van der Waals surface area contributed by atoms with Gasteiger partial charge in [0.05, 0.1) is 0 Å². The van der Waals surface area contributed by atoms with Crippen LogP contribution in [0.5, 0.6) is 0 Å². The summed E-state index contributed by atoms with van der Waals surface area (Å²) in [7, 11) is 0. The molecular formula is C13H16. The summed E-state index contributed by atoms with van der Waals surface area (Å²) < 4.78 is 0. The third-order valence-electron chi connectivity index (χ3n) is 1.76. The molecule has 0 atom stereocenters. The van der Waals surface area contributed by atoms with E-state index in [-0.39, 0.29) is 0 Å². The highest BCUT2D eigenvalue weighted by Crippen LogP contribution is 1.96. The summed E-state index contributed by atoms with van der Waals surface area (Å²) in [5, 5.41) is 0. The molecule has 0 spiro atoms. The Morgan fingerprint density at radius 1 is 0.462 bits per heavy atom. The van der Waals surface area contributed by atoms with Crippen LogP contribution in [0.4, 0.5) is 0 Å². The monoisotopic (exact) mass is 172 g/mol. The molecule has 13 heavy (non-hydrogen) atoms. The van der Waals surface area contributed by atoms with Crippen LogP contribution in [0, 0.1) is 0 Å². The maximum absolute atomic E-state index is 2.20. The van der Waals surface area contributed by atoms with Crippen molar-refractivity contribution < 1.29 is 0 Å². The molecule has 0 aromatic heterocycles. The van der Waals surface area contributed by atoms with Crippen molar-refractivity contribution in [3.63, 3.8) is 0 Å². The molecule has 1 aliphatic rings. The van der Waals surface area contributed by atoms with Crippen LogP contribution >= 0.6 is 0 Å². The van der Waals surface area contributed by atoms with Gasteiger partial charge in [-0.15, -0.1) is 0 Å². The fraction of sp³-hybridized carbons (Fsp3) is 0.231. The Labute approximate surface area is 80.7 Å². The van der Waals surface area contributed by atoms with Gasteiger partial charge in [-0.1, -0.05) is 60.8 Å². The fourth-order valence-corrected chi connectivity index (χ4v) is 1.06. The molecule has 0 heteroatoms. The van der Waals surface area contributed by atoms with E-state index in [0.29, 0.717) is 0 Å². The number of hydrogen-bond donors (Lipinski definition) is 0. The van der Waals surface area contributed by atoms with Crippen molar-refractivity contribution in [3.05, 3.63) is 60.8 Å². The smallest absolute Gasteiger partial charge is 0.0163 e. The first-order valence-electron chi connectivity index (χ1n) is 4.80. The van der Waals surface area contributed by atoms with Crippen LogP contribution < -0.4 is 0 Å². The van der Waals surface area contributed by atoms with E-state index in [1.807, 2.05) is 0 Å². The maximum atomic E-state index is 2.20. The quantitative estimate of drug-likeness (QED) is 0.519. The lowest BCUT2D eigenvalue weighted by molar-refractivity contribution is 1.05. The average molecular weight is 172 g/mol. The van der Waals surface area contributed by atoms with E-state index in [2.05, 4.69) is 60.8 Å². The third-order valence-corrected chi connectivity index (χ3v) is 1.76. The molecule has 0 aromatic carbocycles. The Morgan fingerprint density at radius 3 is 1.62 bits per heavy atom. The molecule has 0 N–H and O–H groups in total. The molecule has 0 amide bonds. The Kier molecular flexibility index (Phi) is 5.54. The van der Waals surface area contributed by atoms with Crippen molar-refractivity contribution in [2.45, 2.75) is 19.3 Å². The minimum atomic E-state index is 1.01. The normalized spacial score (nSPS) is 25.2. The Bertz CT molecular complexity index is 249. The van der Waals surface area contributed by atoms with Crippen molar-refractivity contribution in [1.29, 1.82) is 0 Å². The molecule has 0 radical (unpaired) electrons. The van der Waals surface area contributed by atoms with Gasteiger partial charge in [-0.25, -0.2) is 0 Å². The molecular weight excluding hydrogens is 156 g/mol. The zero-order valence-electron chi connectivity index (χ0n) is 7.89. The number of hydrogen-bond acceptors (Lipinski definition) is 0. The number of allylic oxidation sites excluding steroid dienone is 10. The minimum Gasteiger partial charge on any atom is -0.0842 e. The van der Waals surface area contributed by atoms with E-state index in [1.54, 1.807) is 0 Å². The van der Waals surface area contributed by atoms with Crippen molar-refractivity contribution in [2.75, 3.05) is 0 Å². The summed E-state index contributed by atoms with van der Waals surface area (Å²) in [5.41, 5.74) is 0. The van der Waals surface area contributed by atoms with Gasteiger partial charge in [-0.2, -0.15) is 0 Å². The van der Waals surface area contributed by atoms with Crippen LogP contribution in [0.15, 0.2) is 60.8 Å². The summed E-state index contributed by atoms with van der Waals surface area (Å²) in [4.78, 5) is 0. The molecule has 1 rings (SSSR count). The Balaban J connectivity index is 2.49. The van der Waals surface area contributed by atoms with Crippen molar-refractivity contribution in [1.82, 2.24) is 0 Å². The first-order chi connectivity index (χ1) is 6.50. The highest BCUT2D eigenvalue weighted by atomic mass is 13.8. The summed E-state index contributed by atoms with van der Waals surface area (Å²) >= 11 is 0. The summed E-state index contributed by atoms with van der Waals surface area (Å²) in [6.07, 6.45) is 24.5. The fourth-order valence-electron chi connectivity index (χ4n) is 1.06. The van der Waals surface area contributed by atoms with Crippen LogP contribution in [0.2, 0.25) is 0 Å². The molecule has 0 aliphatic heterocycles. The van der Waals surface area contributed by atoms with Gasteiger partial charge in [0.1, 0.15) is 0 Å². The van der Waals surface area contributed by atoms with Crippen LogP contribution in [-0.4, -0.2) is 0 Å². The molecule has 0 saturated heterocycles. The van der Waals surface area contributed by atoms with Gasteiger partial charge in [-0.3, -0.25) is 0 Å². The van der Waals surface area contributed by atoms with E-state index >= 15 is 0 Å². The molecule has 0 nitrogen and oxygen atoms in total. The second kappa shape index (κ2) is 7.35. The summed E-state index contributed by atoms with van der Waals surface area (Å²) in [6.45, 7) is 0. The van der Waals surface area contributed by atoms with Gasteiger partial charge in [0.15, 0.2) is 0 Å². The highest BCUT2D eigenvalue weighted by molar-refractivity contribution is 5.13. The lowest BCUT2D eigenvalue weighted by atomic mass is 10.2. The van der Waals surface area contributed by atoms with E-state index < -0.39 is 0 Å². The van der Waals surface area contributed by atoms with Crippen LogP contribution in [0.3, 0.4) is 0 Å². The van der Waals surface area contributed by atoms with E-state index in [0.717, 1.165) is 19.3 Å². The van der Waals surface area contributed by atoms with E-state index in [1.165, 1.54) is 0 Å². The first-order valence-corrected chi connectivity index (χ1v) is 4.80. The van der Waals surface area contributed by atoms with Gasteiger partial charge in [-0.05, 0) is 19.3 Å². The zero-order chi connectivity index (χ0) is 9.19. The predicted octanol–water partition coefficient (Wildman–Crippen LogP) is 3.95. The van der Waals surface area contributed by atoms with Crippen LogP contribution in [-0.2, 0) is 0 Å². The SMILES string of the molecule is C1=C/C=C\CC/C=C/C=C\CC=C1. The van der Waals surface area contributed by atoms with Crippen molar-refractivity contribution in [3.8, 4) is 0 Å². The van der Waals surface area contributed by atoms with Gasteiger partial charge >= 0.3 is 0 Å². The van der Waals surface area contributed by atoms with Gasteiger partial charge in [0.2, 0.25) is 0 Å². The predicted molar refractivity (Wildman–Crippen MR) is 59.6 cm³/mol. The second-order valence-corrected chi connectivity index (χ2v) is 2.91. The second-order valence-electron chi connectivity index (χ2n) is 2.91. The molecule has 0 unspecified atom stereocenters. The highest BCUT2D eigenvalue weighted by Gasteiger charge is 1.75. The molecule has 0 bridgehead atoms. The molecule has 0 aromatic rings. The standard InChI is InChI=1S/C13H16/c1-2-4-6-8-10-12-13-11-9-7-5-3-1/h1-6,9,11-13H,7-8,10H2/b2-1?,5-3?,6-4-,11-9-,13-12+. The van der Waals surface area contributed by atoms with Gasteiger partial charge in [0.25, 0.3) is 0 Å². The van der Waals surface area contributed by atoms with Crippen molar-refractivity contribution >= 4 is 0 Å². The van der Waals surface area contributed by atoms with E-state index in [9.17, 15) is 0 Å². The summed E-state index contributed by atoms with van der Waals surface area (Å²) in [6, 6.07) is 0. The van der Waals surface area contributed by atoms with Gasteiger partial charge < -0.3 is 0 Å². The first kappa shape index (κ1) is 9.79. The Hall–Kier alpha value is -1.30. The number of rotatable bonds is 0. The molecule has 0 fully saturated rings. The maximum Gasteiger partial charge on any atom is -0.0163 e. The largest absolute Gasteiger partial charge is 0.0842 e. The van der Waals surface area contributed by atoms with E-state index in [4.69, 9.17) is 0 Å². The minimum absolute atomic E-state index is 1.01. The lowest BCUT2D eigenvalue weighted by Crippen LogP contribution is -1.62. The molecule has 1 aliphatic carbocycles.